The fourth-order valence-corrected chi connectivity index (χ4v) is 3.03. The molecule has 3 rings (SSSR count). The van der Waals surface area contributed by atoms with E-state index in [4.69, 9.17) is 35.4 Å². The van der Waals surface area contributed by atoms with Gasteiger partial charge in [0, 0.05) is 14.1 Å². The largest absolute Gasteiger partial charge is 0.332 e. The number of halogens is 2. The molecule has 0 bridgehead atoms. The number of hydrogen-bond acceptors (Lipinski definition) is 3. The van der Waals surface area contributed by atoms with E-state index in [1.165, 1.54) is 11.6 Å². The summed E-state index contributed by atoms with van der Waals surface area (Å²) in [5.41, 5.74) is 0.747. The number of benzene rings is 1. The minimum atomic E-state index is -0.416. The molecule has 0 aliphatic carbocycles. The molecule has 0 fully saturated rings. The normalized spacial score (nSPS) is 11.3. The molecule has 1 N–H and O–H groups in total. The van der Waals surface area contributed by atoms with E-state index in [0.29, 0.717) is 32.5 Å². The fourth-order valence-electron chi connectivity index (χ4n) is 2.45. The maximum atomic E-state index is 12.5. The van der Waals surface area contributed by atoms with E-state index in [1.54, 1.807) is 29.8 Å². The predicted molar refractivity (Wildman–Crippen MR) is 93.2 cm³/mol. The molecule has 9 heteroatoms. The lowest BCUT2D eigenvalue weighted by Gasteiger charge is -2.08. The molecular formula is C14H12Cl2N4O2S. The molecule has 0 aliphatic heterocycles. The summed E-state index contributed by atoms with van der Waals surface area (Å²) in [6, 6.07) is 5.21. The summed E-state index contributed by atoms with van der Waals surface area (Å²) < 4.78 is 4.41. The summed E-state index contributed by atoms with van der Waals surface area (Å²) in [4.78, 5) is 27.4. The highest BCUT2D eigenvalue weighted by molar-refractivity contribution is 7.71. The van der Waals surface area contributed by atoms with E-state index >= 15 is 0 Å². The summed E-state index contributed by atoms with van der Waals surface area (Å²) in [5, 5.41) is 0.882. The number of fused-ring (bicyclic) bond motifs is 1. The molecule has 120 valence electrons. The zero-order valence-corrected chi connectivity index (χ0v) is 14.6. The molecule has 0 amide bonds. The van der Waals surface area contributed by atoms with Crippen LogP contribution in [0.25, 0.3) is 11.2 Å². The Kier molecular flexibility index (Phi) is 3.95. The molecule has 0 radical (unpaired) electrons. The van der Waals surface area contributed by atoms with Crippen molar-refractivity contribution < 1.29 is 0 Å². The van der Waals surface area contributed by atoms with Gasteiger partial charge in [0.05, 0.1) is 16.6 Å². The number of aromatic amines is 1. The van der Waals surface area contributed by atoms with E-state index in [0.717, 1.165) is 10.1 Å². The van der Waals surface area contributed by atoms with Crippen LogP contribution in [0.15, 0.2) is 27.8 Å². The first-order valence-corrected chi connectivity index (χ1v) is 7.80. The Morgan fingerprint density at radius 2 is 1.83 bits per heavy atom. The number of aryl methyl sites for hydroxylation is 1. The van der Waals surface area contributed by atoms with Gasteiger partial charge in [0.15, 0.2) is 10.3 Å². The summed E-state index contributed by atoms with van der Waals surface area (Å²) in [6.45, 7) is 0.336. The minimum Gasteiger partial charge on any atom is -0.316 e. The predicted octanol–water partition coefficient (Wildman–Crippen LogP) is 2.45. The summed E-state index contributed by atoms with van der Waals surface area (Å²) >= 11 is 17.2. The molecule has 3 aromatic rings. The molecule has 6 nitrogen and oxygen atoms in total. The van der Waals surface area contributed by atoms with Crippen LogP contribution in [0.5, 0.6) is 0 Å². The lowest BCUT2D eigenvalue weighted by Crippen LogP contribution is -2.37. The molecule has 0 saturated heterocycles. The van der Waals surface area contributed by atoms with Gasteiger partial charge in [-0.2, -0.15) is 0 Å². The highest BCUT2D eigenvalue weighted by atomic mass is 35.5. The Bertz CT molecular complexity index is 1110. The topological polar surface area (TPSA) is 64.7 Å². The summed E-state index contributed by atoms with van der Waals surface area (Å²) in [7, 11) is 3.02. The van der Waals surface area contributed by atoms with Gasteiger partial charge in [-0.1, -0.05) is 29.3 Å². The van der Waals surface area contributed by atoms with E-state index in [1.807, 2.05) is 0 Å². The highest BCUT2D eigenvalue weighted by Gasteiger charge is 2.15. The lowest BCUT2D eigenvalue weighted by atomic mass is 10.2. The van der Waals surface area contributed by atoms with Crippen LogP contribution in [-0.4, -0.2) is 18.7 Å². The van der Waals surface area contributed by atoms with Crippen LogP contribution < -0.4 is 11.2 Å². The zero-order chi connectivity index (χ0) is 16.9. The zero-order valence-electron chi connectivity index (χ0n) is 12.3. The number of nitrogens with one attached hydrogen (secondary N) is 1. The Morgan fingerprint density at radius 1 is 1.13 bits per heavy atom. The molecule has 0 unspecified atom stereocenters. The molecule has 2 heterocycles. The molecule has 0 saturated carbocycles. The molecule has 0 aliphatic rings. The van der Waals surface area contributed by atoms with Crippen LogP contribution in [0.2, 0.25) is 10.0 Å². The molecule has 1 aromatic carbocycles. The number of imidazole rings is 1. The van der Waals surface area contributed by atoms with Crippen molar-refractivity contribution in [1.29, 1.82) is 0 Å². The van der Waals surface area contributed by atoms with Gasteiger partial charge in [0.2, 0.25) is 0 Å². The molecular weight excluding hydrogens is 359 g/mol. The van der Waals surface area contributed by atoms with Crippen molar-refractivity contribution in [3.63, 3.8) is 0 Å². The first kappa shape index (κ1) is 16.0. The van der Waals surface area contributed by atoms with Gasteiger partial charge in [0.1, 0.15) is 5.65 Å². The van der Waals surface area contributed by atoms with Crippen LogP contribution in [0, 0.1) is 4.77 Å². The second-order valence-electron chi connectivity index (χ2n) is 5.17. The van der Waals surface area contributed by atoms with Gasteiger partial charge in [-0.05, 0) is 29.9 Å². The maximum Gasteiger partial charge on any atom is 0.332 e. The molecule has 0 spiro atoms. The third-order valence-electron chi connectivity index (χ3n) is 3.71. The molecule has 0 atom stereocenters. The van der Waals surface area contributed by atoms with Crippen LogP contribution in [0.3, 0.4) is 0 Å². The molecule has 2 aromatic heterocycles. The monoisotopic (exact) mass is 370 g/mol. The fraction of sp³-hybridized carbons (Fsp3) is 0.214. The average molecular weight is 371 g/mol. The van der Waals surface area contributed by atoms with E-state index in [-0.39, 0.29) is 0 Å². The first-order chi connectivity index (χ1) is 10.8. The quantitative estimate of drug-likeness (QED) is 0.704. The third kappa shape index (κ3) is 2.54. The van der Waals surface area contributed by atoms with Crippen molar-refractivity contribution in [1.82, 2.24) is 18.7 Å². The van der Waals surface area contributed by atoms with Crippen LogP contribution >= 0.6 is 35.4 Å². The van der Waals surface area contributed by atoms with Crippen molar-refractivity contribution in [2.24, 2.45) is 14.1 Å². The first-order valence-electron chi connectivity index (χ1n) is 6.63. The molecule has 23 heavy (non-hydrogen) atoms. The third-order valence-corrected chi connectivity index (χ3v) is 4.77. The highest BCUT2D eigenvalue weighted by Crippen LogP contribution is 2.23. The van der Waals surface area contributed by atoms with Gasteiger partial charge in [0.25, 0.3) is 5.56 Å². The van der Waals surface area contributed by atoms with Crippen LogP contribution in [-0.2, 0) is 20.6 Å². The van der Waals surface area contributed by atoms with E-state index < -0.39 is 11.2 Å². The number of H-pyrrole nitrogens is 1. The van der Waals surface area contributed by atoms with Crippen molar-refractivity contribution in [2.75, 3.05) is 0 Å². The van der Waals surface area contributed by atoms with Gasteiger partial charge >= 0.3 is 5.69 Å². The van der Waals surface area contributed by atoms with E-state index in [2.05, 4.69) is 4.98 Å². The van der Waals surface area contributed by atoms with Crippen LogP contribution in [0.1, 0.15) is 5.56 Å². The SMILES string of the molecule is Cn1c(=O)c2c([nH]c(=S)n2Cc2ccc(Cl)c(Cl)c2)n(C)c1=O. The Hall–Kier alpha value is -1.83. The lowest BCUT2D eigenvalue weighted by molar-refractivity contribution is 0.702. The summed E-state index contributed by atoms with van der Waals surface area (Å²) in [5.74, 6) is 0. The van der Waals surface area contributed by atoms with Gasteiger partial charge in [-0.3, -0.25) is 13.9 Å². The number of aromatic nitrogens is 4. The Morgan fingerprint density at radius 3 is 2.48 bits per heavy atom. The van der Waals surface area contributed by atoms with Crippen molar-refractivity contribution >= 4 is 46.6 Å². The standard InChI is InChI=1S/C14H12Cl2N4O2S/c1-18-11-10(12(21)19(2)14(18)22)20(13(23)17-11)6-7-3-4-8(15)9(16)5-7/h3-5H,6H2,1-2H3,(H,17,23). The Labute approximate surface area is 145 Å². The second kappa shape index (κ2) is 5.67. The summed E-state index contributed by atoms with van der Waals surface area (Å²) in [6.07, 6.45) is 0. The van der Waals surface area contributed by atoms with E-state index in [9.17, 15) is 9.59 Å². The van der Waals surface area contributed by atoms with Gasteiger partial charge in [-0.25, -0.2) is 4.79 Å². The number of nitrogens with zero attached hydrogens (tertiary/aromatic N) is 3. The smallest absolute Gasteiger partial charge is 0.316 e. The van der Waals surface area contributed by atoms with Gasteiger partial charge < -0.3 is 9.55 Å². The van der Waals surface area contributed by atoms with Crippen molar-refractivity contribution in [2.45, 2.75) is 6.54 Å². The second-order valence-corrected chi connectivity index (χ2v) is 6.37. The average Bonchev–Trinajstić information content (AvgIpc) is 2.84. The van der Waals surface area contributed by atoms with Crippen molar-refractivity contribution in [3.05, 3.63) is 59.4 Å². The number of rotatable bonds is 2. The minimum absolute atomic E-state index is 0.336. The number of hydrogen-bond donors (Lipinski definition) is 1. The maximum absolute atomic E-state index is 12.5. The van der Waals surface area contributed by atoms with Crippen LogP contribution in [0.4, 0.5) is 0 Å². The van der Waals surface area contributed by atoms with Crippen molar-refractivity contribution in [3.8, 4) is 0 Å². The van der Waals surface area contributed by atoms with Gasteiger partial charge in [-0.15, -0.1) is 0 Å². The Balaban J connectivity index is 2.28.